The topological polar surface area (TPSA) is 73.1 Å². The van der Waals surface area contributed by atoms with Crippen molar-refractivity contribution in [2.75, 3.05) is 25.0 Å². The van der Waals surface area contributed by atoms with Crippen LogP contribution in [0, 0.1) is 6.92 Å². The summed E-state index contributed by atoms with van der Waals surface area (Å²) in [5.74, 6) is 0.596. The zero-order valence-corrected chi connectivity index (χ0v) is 9.21. The molecule has 0 spiro atoms. The minimum absolute atomic E-state index is 0.0712. The fourth-order valence-corrected chi connectivity index (χ4v) is 1.06. The van der Waals surface area contributed by atoms with Crippen LogP contribution in [0.2, 0.25) is 0 Å². The molecule has 5 nitrogen and oxygen atoms in total. The summed E-state index contributed by atoms with van der Waals surface area (Å²) in [7, 11) is 0. The fraction of sp³-hybridized carbons (Fsp3) is 0.556. The molecule has 0 fully saturated rings. The van der Waals surface area contributed by atoms with Gasteiger partial charge in [0.05, 0.1) is 0 Å². The van der Waals surface area contributed by atoms with E-state index in [1.165, 1.54) is 6.07 Å². The van der Waals surface area contributed by atoms with Crippen molar-refractivity contribution in [3.63, 3.8) is 0 Å². The second kappa shape index (κ2) is 5.67. The molecule has 1 heterocycles. The predicted molar refractivity (Wildman–Crippen MR) is 55.9 cm³/mol. The van der Waals surface area contributed by atoms with Crippen LogP contribution in [0.5, 0.6) is 5.88 Å². The standard InChI is InChI=1S/C9H13F3N4O/c1-6-15-7(14-5-9(10,11)12)4-8(16-6)17-3-2-13/h4H,2-3,5,13H2,1H3,(H,14,15,16). The molecule has 0 bridgehead atoms. The van der Waals surface area contributed by atoms with Gasteiger partial charge in [-0.2, -0.15) is 18.2 Å². The molecular weight excluding hydrogens is 237 g/mol. The summed E-state index contributed by atoms with van der Waals surface area (Å²) in [6, 6.07) is 1.30. The average Bonchev–Trinajstić information content (AvgIpc) is 2.22. The molecule has 0 aromatic carbocycles. The Morgan fingerprint density at radius 3 is 2.71 bits per heavy atom. The highest BCUT2D eigenvalue weighted by molar-refractivity contribution is 5.38. The number of aromatic nitrogens is 2. The van der Waals surface area contributed by atoms with E-state index in [1.54, 1.807) is 6.92 Å². The molecule has 0 saturated heterocycles. The Hall–Kier alpha value is -1.57. The highest BCUT2D eigenvalue weighted by Crippen LogP contribution is 2.17. The van der Waals surface area contributed by atoms with E-state index in [1.807, 2.05) is 0 Å². The quantitative estimate of drug-likeness (QED) is 0.818. The molecular formula is C9H13F3N4O. The number of nitrogens with one attached hydrogen (secondary N) is 1. The number of aryl methyl sites for hydroxylation is 1. The van der Waals surface area contributed by atoms with Crippen LogP contribution < -0.4 is 15.8 Å². The lowest BCUT2D eigenvalue weighted by Crippen LogP contribution is -2.22. The lowest BCUT2D eigenvalue weighted by molar-refractivity contribution is -0.115. The summed E-state index contributed by atoms with van der Waals surface area (Å²) in [5.41, 5.74) is 5.24. The van der Waals surface area contributed by atoms with Crippen molar-refractivity contribution in [3.8, 4) is 5.88 Å². The second-order valence-electron chi connectivity index (χ2n) is 3.24. The number of nitrogens with zero attached hydrogens (tertiary/aromatic N) is 2. The van der Waals surface area contributed by atoms with Crippen LogP contribution in [0.15, 0.2) is 6.07 Å². The Kier molecular flexibility index (Phi) is 4.50. The number of ether oxygens (including phenoxy) is 1. The van der Waals surface area contributed by atoms with Crippen LogP contribution in [0.25, 0.3) is 0 Å². The molecule has 0 atom stereocenters. The molecule has 0 radical (unpaired) electrons. The molecule has 96 valence electrons. The van der Waals surface area contributed by atoms with Gasteiger partial charge in [-0.1, -0.05) is 0 Å². The zero-order chi connectivity index (χ0) is 12.9. The summed E-state index contributed by atoms with van der Waals surface area (Å²) in [6.45, 7) is 0.956. The van der Waals surface area contributed by atoms with E-state index in [0.717, 1.165) is 0 Å². The normalized spacial score (nSPS) is 11.4. The van der Waals surface area contributed by atoms with E-state index in [2.05, 4.69) is 15.3 Å². The Labute approximate surface area is 96.2 Å². The van der Waals surface area contributed by atoms with Crippen LogP contribution >= 0.6 is 0 Å². The Bertz CT molecular complexity index is 370. The number of hydrogen-bond donors (Lipinski definition) is 2. The van der Waals surface area contributed by atoms with Crippen molar-refractivity contribution in [2.24, 2.45) is 5.73 Å². The molecule has 0 aliphatic rings. The largest absolute Gasteiger partial charge is 0.476 e. The van der Waals surface area contributed by atoms with Gasteiger partial charge in [0, 0.05) is 12.6 Å². The smallest absolute Gasteiger partial charge is 0.405 e. The first-order valence-electron chi connectivity index (χ1n) is 4.90. The SMILES string of the molecule is Cc1nc(NCC(F)(F)F)cc(OCCN)n1. The number of hydrogen-bond acceptors (Lipinski definition) is 5. The van der Waals surface area contributed by atoms with Crippen molar-refractivity contribution in [1.82, 2.24) is 9.97 Å². The van der Waals surface area contributed by atoms with Crippen molar-refractivity contribution in [2.45, 2.75) is 13.1 Å². The third-order valence-electron chi connectivity index (χ3n) is 1.65. The molecule has 0 aliphatic heterocycles. The lowest BCUT2D eigenvalue weighted by Gasteiger charge is -2.10. The first kappa shape index (κ1) is 13.5. The van der Waals surface area contributed by atoms with Gasteiger partial charge >= 0.3 is 6.18 Å². The van der Waals surface area contributed by atoms with E-state index >= 15 is 0 Å². The summed E-state index contributed by atoms with van der Waals surface area (Å²) < 4.78 is 41.1. The van der Waals surface area contributed by atoms with Crippen LogP contribution in [-0.2, 0) is 0 Å². The van der Waals surface area contributed by atoms with Gasteiger partial charge in [-0.05, 0) is 6.92 Å². The fourth-order valence-electron chi connectivity index (χ4n) is 1.06. The molecule has 3 N–H and O–H groups in total. The Morgan fingerprint density at radius 1 is 1.41 bits per heavy atom. The number of anilines is 1. The number of halogens is 3. The van der Waals surface area contributed by atoms with Crippen LogP contribution in [0.4, 0.5) is 19.0 Å². The zero-order valence-electron chi connectivity index (χ0n) is 9.21. The lowest BCUT2D eigenvalue weighted by atomic mass is 10.5. The van der Waals surface area contributed by atoms with Gasteiger partial charge < -0.3 is 15.8 Å². The molecule has 1 rings (SSSR count). The molecule has 17 heavy (non-hydrogen) atoms. The average molecular weight is 250 g/mol. The van der Waals surface area contributed by atoms with Crippen LogP contribution in [0.1, 0.15) is 5.82 Å². The Balaban J connectivity index is 2.68. The van der Waals surface area contributed by atoms with E-state index < -0.39 is 12.7 Å². The second-order valence-corrected chi connectivity index (χ2v) is 3.24. The van der Waals surface area contributed by atoms with E-state index in [9.17, 15) is 13.2 Å². The van der Waals surface area contributed by atoms with Crippen molar-refractivity contribution in [1.29, 1.82) is 0 Å². The summed E-state index contributed by atoms with van der Waals surface area (Å²) in [5, 5.41) is 2.15. The first-order chi connectivity index (χ1) is 7.90. The highest BCUT2D eigenvalue weighted by atomic mass is 19.4. The summed E-state index contributed by atoms with van der Waals surface area (Å²) in [6.07, 6.45) is -4.29. The summed E-state index contributed by atoms with van der Waals surface area (Å²) in [4.78, 5) is 7.72. The molecule has 1 aromatic rings. The summed E-state index contributed by atoms with van der Waals surface area (Å²) >= 11 is 0. The van der Waals surface area contributed by atoms with Crippen LogP contribution in [-0.4, -0.2) is 35.8 Å². The maximum atomic E-state index is 12.0. The Morgan fingerprint density at radius 2 is 2.12 bits per heavy atom. The van der Waals surface area contributed by atoms with Gasteiger partial charge in [-0.3, -0.25) is 0 Å². The first-order valence-corrected chi connectivity index (χ1v) is 4.90. The van der Waals surface area contributed by atoms with Crippen molar-refractivity contribution in [3.05, 3.63) is 11.9 Å². The molecule has 8 heteroatoms. The predicted octanol–water partition coefficient (Wildman–Crippen LogP) is 1.10. The van der Waals surface area contributed by atoms with Crippen molar-refractivity contribution < 1.29 is 17.9 Å². The molecule has 1 aromatic heterocycles. The van der Waals surface area contributed by atoms with Crippen LogP contribution in [0.3, 0.4) is 0 Å². The van der Waals surface area contributed by atoms with Gasteiger partial charge in [-0.15, -0.1) is 0 Å². The minimum atomic E-state index is -4.29. The third-order valence-corrected chi connectivity index (χ3v) is 1.65. The maximum Gasteiger partial charge on any atom is 0.405 e. The molecule has 0 unspecified atom stereocenters. The molecule has 0 amide bonds. The van der Waals surface area contributed by atoms with E-state index in [-0.39, 0.29) is 18.3 Å². The van der Waals surface area contributed by atoms with E-state index in [0.29, 0.717) is 12.4 Å². The third kappa shape index (κ3) is 5.34. The van der Waals surface area contributed by atoms with Crippen molar-refractivity contribution >= 4 is 5.82 Å². The monoisotopic (exact) mass is 250 g/mol. The molecule has 0 saturated carbocycles. The van der Waals surface area contributed by atoms with Gasteiger partial charge in [-0.25, -0.2) is 4.98 Å². The van der Waals surface area contributed by atoms with Gasteiger partial charge in [0.25, 0.3) is 0 Å². The van der Waals surface area contributed by atoms with Gasteiger partial charge in [0.15, 0.2) is 0 Å². The van der Waals surface area contributed by atoms with E-state index in [4.69, 9.17) is 10.5 Å². The van der Waals surface area contributed by atoms with Gasteiger partial charge in [0.1, 0.15) is 24.8 Å². The minimum Gasteiger partial charge on any atom is -0.476 e. The number of alkyl halides is 3. The van der Waals surface area contributed by atoms with Gasteiger partial charge in [0.2, 0.25) is 5.88 Å². The molecule has 0 aliphatic carbocycles. The number of rotatable bonds is 5. The number of nitrogens with two attached hydrogens (primary N) is 1. The maximum absolute atomic E-state index is 12.0. The highest BCUT2D eigenvalue weighted by Gasteiger charge is 2.26.